The molecule has 2 heterocycles. The van der Waals surface area contributed by atoms with Gasteiger partial charge < -0.3 is 9.47 Å². The second-order valence-corrected chi connectivity index (χ2v) is 11.8. The molecule has 1 saturated heterocycles. The van der Waals surface area contributed by atoms with Crippen LogP contribution in [0.3, 0.4) is 0 Å². The number of benzene rings is 2. The van der Waals surface area contributed by atoms with E-state index in [-0.39, 0.29) is 40.0 Å². The Balaban J connectivity index is 1.44. The van der Waals surface area contributed by atoms with Gasteiger partial charge in [0.15, 0.2) is 20.8 Å². The lowest BCUT2D eigenvalue weighted by Crippen LogP contribution is -2.39. The summed E-state index contributed by atoms with van der Waals surface area (Å²) in [5.74, 6) is -1.47. The summed E-state index contributed by atoms with van der Waals surface area (Å²) in [6, 6.07) is 8.05. The lowest BCUT2D eigenvalue weighted by Gasteiger charge is -2.27. The van der Waals surface area contributed by atoms with Crippen LogP contribution in [0.15, 0.2) is 41.3 Å². The number of rotatable bonds is 11. The molecule has 1 aromatic heterocycles. The number of fused-ring (bicyclic) bond motifs is 1. The van der Waals surface area contributed by atoms with Crippen LogP contribution in [-0.4, -0.2) is 76.5 Å². The molecule has 200 valence electrons. The molecule has 1 amide bonds. The number of carbonyl (C=O) groups excluding carboxylic acids is 1. The maximum atomic E-state index is 14.3. The van der Waals surface area contributed by atoms with E-state index in [1.807, 2.05) is 0 Å². The molecule has 0 bridgehead atoms. The van der Waals surface area contributed by atoms with Gasteiger partial charge in [0, 0.05) is 38.7 Å². The lowest BCUT2D eigenvalue weighted by molar-refractivity contribution is -0.118. The molecule has 0 atom stereocenters. The first-order chi connectivity index (χ1) is 17.8. The number of ether oxygens (including phenoxy) is 2. The van der Waals surface area contributed by atoms with E-state index in [0.717, 1.165) is 37.0 Å². The molecule has 0 unspecified atom stereocenters. The number of methoxy groups -OCH3 is 1. The Labute approximate surface area is 218 Å². The molecule has 1 fully saturated rings. The number of aromatic nitrogens is 1. The average Bonchev–Trinajstić information content (AvgIpc) is 3.31. The third-order valence-corrected chi connectivity index (χ3v) is 8.96. The first-order valence-electron chi connectivity index (χ1n) is 12.0. The summed E-state index contributed by atoms with van der Waals surface area (Å²) in [5.41, 5.74) is 0.00876. The fourth-order valence-electron chi connectivity index (χ4n) is 4.11. The fraction of sp³-hybridized carbons (Fsp3) is 0.440. The summed E-state index contributed by atoms with van der Waals surface area (Å²) < 4.78 is 64.2. The van der Waals surface area contributed by atoms with Crippen LogP contribution < -0.4 is 9.64 Å². The highest BCUT2D eigenvalue weighted by Crippen LogP contribution is 2.32. The van der Waals surface area contributed by atoms with E-state index in [1.165, 1.54) is 30.2 Å². The molecule has 2 aromatic carbocycles. The van der Waals surface area contributed by atoms with Crippen LogP contribution in [0.2, 0.25) is 0 Å². The zero-order valence-electron chi connectivity index (χ0n) is 20.5. The Bertz CT molecular complexity index is 1330. The maximum Gasteiger partial charge on any atom is 0.228 e. The SMILES string of the molecule is COc1ccc(S(=O)(=O)CCCC(=O)N(CCCN2CCOCC2)c2nc3c(F)cc(F)cc3s2)cc1. The number of nitrogens with zero attached hydrogens (tertiary/aromatic N) is 3. The third kappa shape index (κ3) is 7.01. The number of thiazole rings is 1. The molecule has 3 aromatic rings. The number of morpholine rings is 1. The Morgan fingerprint density at radius 2 is 1.89 bits per heavy atom. The molecule has 0 aliphatic carbocycles. The normalized spacial score (nSPS) is 14.7. The molecule has 37 heavy (non-hydrogen) atoms. The van der Waals surface area contributed by atoms with Gasteiger partial charge in [0.2, 0.25) is 5.91 Å². The summed E-state index contributed by atoms with van der Waals surface area (Å²) in [7, 11) is -2.08. The van der Waals surface area contributed by atoms with Crippen molar-refractivity contribution < 1.29 is 31.5 Å². The van der Waals surface area contributed by atoms with Crippen molar-refractivity contribution in [1.82, 2.24) is 9.88 Å². The van der Waals surface area contributed by atoms with E-state index >= 15 is 0 Å². The molecular weight excluding hydrogens is 524 g/mol. The van der Waals surface area contributed by atoms with Crippen LogP contribution in [0, 0.1) is 11.6 Å². The number of amides is 1. The van der Waals surface area contributed by atoms with Crippen molar-refractivity contribution in [3.05, 3.63) is 48.0 Å². The molecule has 0 radical (unpaired) electrons. The molecule has 12 heteroatoms. The monoisotopic (exact) mass is 553 g/mol. The van der Waals surface area contributed by atoms with Gasteiger partial charge in [-0.3, -0.25) is 14.6 Å². The average molecular weight is 554 g/mol. The Morgan fingerprint density at radius 1 is 1.16 bits per heavy atom. The number of hydrogen-bond acceptors (Lipinski definition) is 8. The van der Waals surface area contributed by atoms with Gasteiger partial charge in [0.1, 0.15) is 17.1 Å². The minimum atomic E-state index is -3.58. The highest BCUT2D eigenvalue weighted by molar-refractivity contribution is 7.91. The summed E-state index contributed by atoms with van der Waals surface area (Å²) >= 11 is 1.04. The van der Waals surface area contributed by atoms with Gasteiger partial charge in [-0.2, -0.15) is 0 Å². The molecule has 0 spiro atoms. The first-order valence-corrected chi connectivity index (χ1v) is 14.5. The van der Waals surface area contributed by atoms with Gasteiger partial charge in [-0.25, -0.2) is 22.2 Å². The van der Waals surface area contributed by atoms with Crippen molar-refractivity contribution >= 4 is 42.4 Å². The van der Waals surface area contributed by atoms with Crippen LogP contribution in [0.25, 0.3) is 10.2 Å². The van der Waals surface area contributed by atoms with E-state index in [1.54, 1.807) is 12.1 Å². The Morgan fingerprint density at radius 3 is 2.59 bits per heavy atom. The molecule has 4 rings (SSSR count). The van der Waals surface area contributed by atoms with Gasteiger partial charge in [-0.05, 0) is 43.2 Å². The van der Waals surface area contributed by atoms with Gasteiger partial charge >= 0.3 is 0 Å². The lowest BCUT2D eigenvalue weighted by atomic mass is 10.2. The Kier molecular flexibility index (Phi) is 9.06. The number of hydrogen-bond donors (Lipinski definition) is 0. The zero-order chi connectivity index (χ0) is 26.4. The second kappa shape index (κ2) is 12.2. The highest BCUT2D eigenvalue weighted by Gasteiger charge is 2.23. The number of anilines is 1. The van der Waals surface area contributed by atoms with E-state index in [4.69, 9.17) is 9.47 Å². The van der Waals surface area contributed by atoms with Crippen LogP contribution in [0.5, 0.6) is 5.75 Å². The molecule has 1 aliphatic heterocycles. The van der Waals surface area contributed by atoms with Gasteiger partial charge in [-0.1, -0.05) is 11.3 Å². The van der Waals surface area contributed by atoms with Crippen molar-refractivity contribution in [3.63, 3.8) is 0 Å². The van der Waals surface area contributed by atoms with Crippen LogP contribution in [0.4, 0.5) is 13.9 Å². The van der Waals surface area contributed by atoms with Crippen molar-refractivity contribution in [3.8, 4) is 5.75 Å². The summed E-state index contributed by atoms with van der Waals surface area (Å²) in [5, 5.41) is 0.268. The number of carbonyl (C=O) groups is 1. The molecule has 0 N–H and O–H groups in total. The standard InChI is InChI=1S/C25H29F2N3O5S2/c1-34-19-5-7-20(8-6-19)37(32,33)15-2-4-23(31)30(10-3-9-29-11-13-35-14-12-29)25-28-24-21(27)16-18(26)17-22(24)36-25/h5-8,16-17H,2-4,9-15H2,1H3. The van der Waals surface area contributed by atoms with Crippen molar-refractivity contribution in [1.29, 1.82) is 0 Å². The summed E-state index contributed by atoms with van der Waals surface area (Å²) in [6.45, 7) is 4.01. The quantitative estimate of drug-likeness (QED) is 0.356. The smallest absolute Gasteiger partial charge is 0.228 e. The van der Waals surface area contributed by atoms with Crippen molar-refractivity contribution in [2.75, 3.05) is 57.2 Å². The topological polar surface area (TPSA) is 89.0 Å². The Hall–Kier alpha value is -2.67. The zero-order valence-corrected chi connectivity index (χ0v) is 22.1. The molecular formula is C25H29F2N3O5S2. The minimum Gasteiger partial charge on any atom is -0.497 e. The first kappa shape index (κ1) is 27.4. The second-order valence-electron chi connectivity index (χ2n) is 8.68. The van der Waals surface area contributed by atoms with Crippen LogP contribution in [-0.2, 0) is 19.4 Å². The third-order valence-electron chi connectivity index (χ3n) is 6.12. The number of sulfone groups is 1. The van der Waals surface area contributed by atoms with Gasteiger partial charge in [-0.15, -0.1) is 0 Å². The molecule has 8 nitrogen and oxygen atoms in total. The molecule has 0 saturated carbocycles. The van der Waals surface area contributed by atoms with E-state index < -0.39 is 21.5 Å². The van der Waals surface area contributed by atoms with E-state index in [0.29, 0.717) is 36.6 Å². The summed E-state index contributed by atoms with van der Waals surface area (Å²) in [6.07, 6.45) is 0.726. The summed E-state index contributed by atoms with van der Waals surface area (Å²) in [4.78, 5) is 21.4. The molecule has 1 aliphatic rings. The van der Waals surface area contributed by atoms with Gasteiger partial charge in [0.25, 0.3) is 0 Å². The largest absolute Gasteiger partial charge is 0.497 e. The van der Waals surface area contributed by atoms with Crippen LogP contribution in [0.1, 0.15) is 19.3 Å². The number of halogens is 2. The van der Waals surface area contributed by atoms with Crippen molar-refractivity contribution in [2.45, 2.75) is 24.2 Å². The predicted octanol–water partition coefficient (Wildman–Crippen LogP) is 3.89. The van der Waals surface area contributed by atoms with Crippen molar-refractivity contribution in [2.24, 2.45) is 0 Å². The predicted molar refractivity (Wildman–Crippen MR) is 138 cm³/mol. The highest BCUT2D eigenvalue weighted by atomic mass is 32.2. The van der Waals surface area contributed by atoms with Crippen LogP contribution >= 0.6 is 11.3 Å². The maximum absolute atomic E-state index is 14.3. The fourth-order valence-corrected chi connectivity index (χ4v) is 6.47. The van der Waals surface area contributed by atoms with Gasteiger partial charge in [0.05, 0.1) is 35.7 Å². The van der Waals surface area contributed by atoms with E-state index in [2.05, 4.69) is 9.88 Å². The van der Waals surface area contributed by atoms with E-state index in [9.17, 15) is 22.0 Å². The minimum absolute atomic E-state index is 0.00876.